The normalized spacial score (nSPS) is 20.9. The van der Waals surface area contributed by atoms with E-state index in [1.807, 2.05) is 44.2 Å². The topological polar surface area (TPSA) is 99.1 Å². The number of cyclic esters (lactones) is 1. The molecule has 0 aromatic heterocycles. The number of hydrogen-bond donors (Lipinski definition) is 1. The molecule has 0 amide bonds. The SMILES string of the molecule is CC(C)Oc1ccccc1[C@H]1CC(=O)Oc2cc3c(c(O)c21)C(=O)O[C@@H](C)CCCC(=O)CCCC=C3. The fraction of sp³-hybridized carbons (Fsp3) is 0.433. The van der Waals surface area contributed by atoms with Crippen molar-refractivity contribution in [3.8, 4) is 17.2 Å². The van der Waals surface area contributed by atoms with E-state index in [9.17, 15) is 19.5 Å². The van der Waals surface area contributed by atoms with E-state index in [2.05, 4.69) is 0 Å². The molecule has 0 radical (unpaired) electrons. The third kappa shape index (κ3) is 6.21. The van der Waals surface area contributed by atoms with Crippen molar-refractivity contribution in [1.29, 1.82) is 0 Å². The highest BCUT2D eigenvalue weighted by atomic mass is 16.5. The van der Waals surface area contributed by atoms with Gasteiger partial charge in [-0.15, -0.1) is 0 Å². The number of rotatable bonds is 3. The van der Waals surface area contributed by atoms with Crippen LogP contribution in [0.5, 0.6) is 17.2 Å². The number of Topliss-reactive ketones (excluding diaryl/α,β-unsaturated/α-hetero) is 1. The Morgan fingerprint density at radius 1 is 1.08 bits per heavy atom. The summed E-state index contributed by atoms with van der Waals surface area (Å²) < 4.78 is 17.2. The molecule has 196 valence electrons. The van der Waals surface area contributed by atoms with Gasteiger partial charge in [0.2, 0.25) is 0 Å². The zero-order valence-corrected chi connectivity index (χ0v) is 21.6. The van der Waals surface area contributed by atoms with Crippen LogP contribution in [0.1, 0.15) is 98.7 Å². The molecular weight excluding hydrogens is 472 g/mol. The lowest BCUT2D eigenvalue weighted by atomic mass is 9.83. The number of fused-ring (bicyclic) bond motifs is 2. The molecule has 0 bridgehead atoms. The fourth-order valence-electron chi connectivity index (χ4n) is 4.91. The number of hydrogen-bond acceptors (Lipinski definition) is 7. The zero-order chi connectivity index (χ0) is 26.5. The van der Waals surface area contributed by atoms with Gasteiger partial charge in [0.15, 0.2) is 0 Å². The van der Waals surface area contributed by atoms with Gasteiger partial charge in [-0.2, -0.15) is 0 Å². The molecule has 2 aliphatic heterocycles. The van der Waals surface area contributed by atoms with Crippen LogP contribution >= 0.6 is 0 Å². The van der Waals surface area contributed by atoms with Gasteiger partial charge in [-0.25, -0.2) is 4.79 Å². The number of esters is 2. The number of allylic oxidation sites excluding steroid dienone is 1. The first kappa shape index (κ1) is 26.5. The average molecular weight is 507 g/mol. The van der Waals surface area contributed by atoms with E-state index in [4.69, 9.17) is 14.2 Å². The van der Waals surface area contributed by atoms with Crippen molar-refractivity contribution in [2.24, 2.45) is 0 Å². The number of carbonyl (C=O) groups excluding carboxylic acids is 3. The summed E-state index contributed by atoms with van der Waals surface area (Å²) in [4.78, 5) is 38.1. The summed E-state index contributed by atoms with van der Waals surface area (Å²) in [5, 5.41) is 11.6. The van der Waals surface area contributed by atoms with Crippen LogP contribution in [0.4, 0.5) is 0 Å². The maximum Gasteiger partial charge on any atom is 0.342 e. The van der Waals surface area contributed by atoms with Crippen molar-refractivity contribution in [1.82, 2.24) is 0 Å². The quantitative estimate of drug-likeness (QED) is 0.396. The van der Waals surface area contributed by atoms with Crippen LogP contribution in [0.3, 0.4) is 0 Å². The summed E-state index contributed by atoms with van der Waals surface area (Å²) in [6.45, 7) is 5.61. The van der Waals surface area contributed by atoms with Crippen LogP contribution in [0.15, 0.2) is 36.4 Å². The molecular formula is C30H34O7. The molecule has 2 heterocycles. The third-order valence-corrected chi connectivity index (χ3v) is 6.64. The lowest BCUT2D eigenvalue weighted by Crippen LogP contribution is -2.24. The number of benzene rings is 2. The minimum absolute atomic E-state index is 0.00681. The van der Waals surface area contributed by atoms with Gasteiger partial charge < -0.3 is 19.3 Å². The summed E-state index contributed by atoms with van der Waals surface area (Å²) in [6, 6.07) is 9.00. The summed E-state index contributed by atoms with van der Waals surface area (Å²) in [5.41, 5.74) is 1.53. The molecule has 0 aliphatic carbocycles. The van der Waals surface area contributed by atoms with Gasteiger partial charge in [-0.1, -0.05) is 30.4 Å². The highest BCUT2D eigenvalue weighted by Crippen LogP contribution is 2.49. The van der Waals surface area contributed by atoms with Gasteiger partial charge >= 0.3 is 11.9 Å². The predicted octanol–water partition coefficient (Wildman–Crippen LogP) is 6.10. The van der Waals surface area contributed by atoms with Gasteiger partial charge in [-0.05, 0) is 64.2 Å². The Hall–Kier alpha value is -3.61. The molecule has 2 aromatic rings. The Kier molecular flexibility index (Phi) is 8.31. The highest BCUT2D eigenvalue weighted by molar-refractivity contribution is 5.98. The fourth-order valence-corrected chi connectivity index (χ4v) is 4.91. The van der Waals surface area contributed by atoms with Crippen molar-refractivity contribution in [2.45, 2.75) is 83.8 Å². The smallest absolute Gasteiger partial charge is 0.342 e. The van der Waals surface area contributed by atoms with Crippen LogP contribution in [0.25, 0.3) is 6.08 Å². The predicted molar refractivity (Wildman–Crippen MR) is 139 cm³/mol. The molecule has 2 atom stereocenters. The van der Waals surface area contributed by atoms with E-state index in [0.717, 1.165) is 5.56 Å². The molecule has 7 nitrogen and oxygen atoms in total. The first-order valence-electron chi connectivity index (χ1n) is 13.0. The second-order valence-electron chi connectivity index (χ2n) is 9.98. The summed E-state index contributed by atoms with van der Waals surface area (Å²) in [5.74, 6) is -0.894. The van der Waals surface area contributed by atoms with E-state index in [1.54, 1.807) is 19.1 Å². The van der Waals surface area contributed by atoms with Crippen molar-refractivity contribution in [3.63, 3.8) is 0 Å². The third-order valence-electron chi connectivity index (χ3n) is 6.64. The maximum absolute atomic E-state index is 13.4. The molecule has 2 aliphatic rings. The zero-order valence-electron chi connectivity index (χ0n) is 21.6. The van der Waals surface area contributed by atoms with E-state index in [-0.39, 0.29) is 35.4 Å². The van der Waals surface area contributed by atoms with Crippen LogP contribution in [0.2, 0.25) is 0 Å². The first-order valence-corrected chi connectivity index (χ1v) is 13.0. The molecule has 2 aromatic carbocycles. The molecule has 4 rings (SSSR count). The first-order chi connectivity index (χ1) is 17.7. The van der Waals surface area contributed by atoms with Gasteiger partial charge in [0.25, 0.3) is 0 Å². The Balaban J connectivity index is 1.83. The summed E-state index contributed by atoms with van der Waals surface area (Å²) in [7, 11) is 0. The van der Waals surface area contributed by atoms with Crippen LogP contribution in [-0.2, 0) is 14.3 Å². The second-order valence-corrected chi connectivity index (χ2v) is 9.98. The minimum atomic E-state index is -0.654. The second kappa shape index (κ2) is 11.6. The lowest BCUT2D eigenvalue weighted by Gasteiger charge is -2.29. The van der Waals surface area contributed by atoms with E-state index >= 15 is 0 Å². The molecule has 0 unspecified atom stereocenters. The van der Waals surface area contributed by atoms with E-state index in [0.29, 0.717) is 55.4 Å². The largest absolute Gasteiger partial charge is 0.507 e. The van der Waals surface area contributed by atoms with Gasteiger partial charge in [0.1, 0.15) is 28.6 Å². The van der Waals surface area contributed by atoms with Crippen molar-refractivity contribution < 1.29 is 33.7 Å². The van der Waals surface area contributed by atoms with Crippen LogP contribution in [-0.4, -0.2) is 35.0 Å². The Morgan fingerprint density at radius 2 is 1.84 bits per heavy atom. The van der Waals surface area contributed by atoms with Gasteiger partial charge in [0, 0.05) is 29.9 Å². The molecule has 7 heteroatoms. The number of ether oxygens (including phenoxy) is 3. The molecule has 0 spiro atoms. The maximum atomic E-state index is 13.4. The van der Waals surface area contributed by atoms with E-state index < -0.39 is 24.0 Å². The van der Waals surface area contributed by atoms with Crippen LogP contribution < -0.4 is 9.47 Å². The summed E-state index contributed by atoms with van der Waals surface area (Å²) in [6.07, 6.45) is 6.53. The average Bonchev–Trinajstić information content (AvgIpc) is 2.82. The number of ketones is 1. The number of phenolic OH excluding ortho intramolecular Hbond substituents is 1. The summed E-state index contributed by atoms with van der Waals surface area (Å²) >= 11 is 0. The Labute approximate surface area is 217 Å². The number of para-hydroxylation sites is 1. The monoisotopic (exact) mass is 506 g/mol. The Morgan fingerprint density at radius 3 is 2.62 bits per heavy atom. The van der Waals surface area contributed by atoms with Crippen molar-refractivity contribution in [2.75, 3.05) is 0 Å². The molecule has 0 saturated heterocycles. The lowest BCUT2D eigenvalue weighted by molar-refractivity contribution is -0.135. The van der Waals surface area contributed by atoms with E-state index in [1.165, 1.54) is 0 Å². The standard InChI is InChI=1S/C30H34O7/c1-18(2)35-24-15-8-7-14-22(24)23-17-26(32)37-25-16-20-11-5-4-6-12-21(31)13-9-10-19(3)36-30(34)27(20)29(33)28(23)25/h5,7-8,11,14-16,18-19,23,33H,4,6,9-10,12-13,17H2,1-3H3/t19-,23+/m0/s1. The molecule has 0 fully saturated rings. The molecule has 1 N–H and O–H groups in total. The number of aromatic hydroxyl groups is 1. The molecule has 37 heavy (non-hydrogen) atoms. The minimum Gasteiger partial charge on any atom is -0.507 e. The highest BCUT2D eigenvalue weighted by Gasteiger charge is 2.36. The van der Waals surface area contributed by atoms with Crippen molar-refractivity contribution in [3.05, 3.63) is 58.7 Å². The van der Waals surface area contributed by atoms with Crippen LogP contribution in [0, 0.1) is 0 Å². The van der Waals surface area contributed by atoms with Gasteiger partial charge in [-0.3, -0.25) is 9.59 Å². The van der Waals surface area contributed by atoms with Crippen molar-refractivity contribution >= 4 is 23.8 Å². The number of phenols is 1. The molecule has 0 saturated carbocycles. The number of carbonyl (C=O) groups is 3. The Bertz CT molecular complexity index is 1210. The van der Waals surface area contributed by atoms with Gasteiger partial charge in [0.05, 0.1) is 18.6 Å².